The Hall–Kier alpha value is -1.35. The Morgan fingerprint density at radius 2 is 1.94 bits per heavy atom. The Bertz CT molecular complexity index is 346. The first-order chi connectivity index (χ1) is 8.06. The molecule has 3 nitrogen and oxygen atoms in total. The quantitative estimate of drug-likeness (QED) is 0.790. The van der Waals surface area contributed by atoms with Crippen LogP contribution in [0.4, 0.5) is 0 Å². The molecule has 0 aliphatic carbocycles. The van der Waals surface area contributed by atoms with E-state index in [4.69, 9.17) is 5.11 Å². The average molecular weight is 235 g/mol. The van der Waals surface area contributed by atoms with Crippen molar-refractivity contribution < 1.29 is 9.90 Å². The number of benzene rings is 1. The Balaban J connectivity index is 2.48. The molecule has 0 radical (unpaired) electrons. The maximum Gasteiger partial charge on any atom is 0.220 e. The molecule has 1 rings (SSSR count). The van der Waals surface area contributed by atoms with E-state index in [1.807, 2.05) is 18.2 Å². The Labute approximate surface area is 103 Å². The first-order valence-corrected chi connectivity index (χ1v) is 5.99. The van der Waals surface area contributed by atoms with E-state index in [1.165, 1.54) is 5.56 Å². The third-order valence-electron chi connectivity index (χ3n) is 2.97. The van der Waals surface area contributed by atoms with Crippen molar-refractivity contribution in [1.82, 2.24) is 5.32 Å². The monoisotopic (exact) mass is 235 g/mol. The molecule has 1 aromatic rings. The number of nitrogens with one attached hydrogen (secondary N) is 1. The Kier molecular flexibility index (Phi) is 5.16. The minimum Gasteiger partial charge on any atom is -0.395 e. The van der Waals surface area contributed by atoms with Crippen molar-refractivity contribution >= 4 is 5.91 Å². The zero-order valence-electron chi connectivity index (χ0n) is 10.6. The van der Waals surface area contributed by atoms with Gasteiger partial charge in [-0.05, 0) is 17.4 Å². The highest BCUT2D eigenvalue weighted by Gasteiger charge is 2.21. The molecule has 0 saturated carbocycles. The predicted molar refractivity (Wildman–Crippen MR) is 68.8 cm³/mol. The van der Waals surface area contributed by atoms with Crippen LogP contribution in [0.25, 0.3) is 0 Å². The molecule has 0 heterocycles. The summed E-state index contributed by atoms with van der Waals surface area (Å²) in [5.41, 5.74) is 1.24. The lowest BCUT2D eigenvalue weighted by Gasteiger charge is -2.24. The Morgan fingerprint density at radius 1 is 1.29 bits per heavy atom. The topological polar surface area (TPSA) is 49.3 Å². The number of hydrogen-bond acceptors (Lipinski definition) is 2. The minimum atomic E-state index is -0.00613. The van der Waals surface area contributed by atoms with Crippen LogP contribution < -0.4 is 5.32 Å². The first kappa shape index (κ1) is 13.7. The number of aliphatic hydroxyl groups is 1. The van der Waals surface area contributed by atoms with E-state index in [0.29, 0.717) is 13.0 Å². The van der Waals surface area contributed by atoms with E-state index in [-0.39, 0.29) is 17.9 Å². The standard InChI is InChI=1S/C14H21NO2/c1-14(2,12-6-4-3-5-7-12)9-8-13(17)15-10-11-16/h3-7,16H,8-11H2,1-2H3,(H,15,17). The fourth-order valence-corrected chi connectivity index (χ4v) is 1.74. The van der Waals surface area contributed by atoms with Gasteiger partial charge in [-0.15, -0.1) is 0 Å². The van der Waals surface area contributed by atoms with Gasteiger partial charge in [-0.2, -0.15) is 0 Å². The molecule has 17 heavy (non-hydrogen) atoms. The molecule has 94 valence electrons. The van der Waals surface area contributed by atoms with Gasteiger partial charge in [0.05, 0.1) is 6.61 Å². The maximum absolute atomic E-state index is 11.5. The molecule has 1 amide bonds. The number of rotatable bonds is 6. The molecule has 0 aliphatic heterocycles. The zero-order valence-corrected chi connectivity index (χ0v) is 10.6. The number of carbonyl (C=O) groups is 1. The lowest BCUT2D eigenvalue weighted by molar-refractivity contribution is -0.121. The predicted octanol–water partition coefficient (Wildman–Crippen LogP) is 1.85. The third-order valence-corrected chi connectivity index (χ3v) is 2.97. The summed E-state index contributed by atoms with van der Waals surface area (Å²) in [7, 11) is 0. The van der Waals surface area contributed by atoms with Gasteiger partial charge < -0.3 is 10.4 Å². The summed E-state index contributed by atoms with van der Waals surface area (Å²) in [6.45, 7) is 4.61. The fourth-order valence-electron chi connectivity index (χ4n) is 1.74. The number of carbonyl (C=O) groups excluding carboxylic acids is 1. The van der Waals surface area contributed by atoms with Gasteiger partial charge in [0.25, 0.3) is 0 Å². The van der Waals surface area contributed by atoms with Crippen molar-refractivity contribution in [2.45, 2.75) is 32.1 Å². The highest BCUT2D eigenvalue weighted by molar-refractivity contribution is 5.75. The van der Waals surface area contributed by atoms with Gasteiger partial charge in [-0.25, -0.2) is 0 Å². The van der Waals surface area contributed by atoms with Gasteiger partial charge >= 0.3 is 0 Å². The third kappa shape index (κ3) is 4.57. The highest BCUT2D eigenvalue weighted by Crippen LogP contribution is 2.27. The number of amides is 1. The molecule has 0 bridgehead atoms. The summed E-state index contributed by atoms with van der Waals surface area (Å²) in [5.74, 6) is 0.00283. The van der Waals surface area contributed by atoms with Gasteiger partial charge in [0, 0.05) is 13.0 Å². The zero-order chi connectivity index (χ0) is 12.7. The molecule has 0 saturated heterocycles. The summed E-state index contributed by atoms with van der Waals surface area (Å²) >= 11 is 0. The van der Waals surface area contributed by atoms with Crippen molar-refractivity contribution in [2.75, 3.05) is 13.2 Å². The highest BCUT2D eigenvalue weighted by atomic mass is 16.3. The summed E-state index contributed by atoms with van der Waals surface area (Å²) in [5, 5.41) is 11.3. The van der Waals surface area contributed by atoms with Crippen LogP contribution in [0.1, 0.15) is 32.3 Å². The second-order valence-corrected chi connectivity index (χ2v) is 4.82. The van der Waals surface area contributed by atoms with Crippen LogP contribution in [0.5, 0.6) is 0 Å². The van der Waals surface area contributed by atoms with Crippen LogP contribution in [0, 0.1) is 0 Å². The lowest BCUT2D eigenvalue weighted by Crippen LogP contribution is -2.28. The number of aliphatic hydroxyl groups excluding tert-OH is 1. The van der Waals surface area contributed by atoms with Crippen molar-refractivity contribution in [3.05, 3.63) is 35.9 Å². The molecule has 2 N–H and O–H groups in total. The summed E-state index contributed by atoms with van der Waals surface area (Å²) < 4.78 is 0. The van der Waals surface area contributed by atoms with E-state index < -0.39 is 0 Å². The van der Waals surface area contributed by atoms with Crippen LogP contribution >= 0.6 is 0 Å². The van der Waals surface area contributed by atoms with Gasteiger partial charge in [0.1, 0.15) is 0 Å². The smallest absolute Gasteiger partial charge is 0.220 e. The largest absolute Gasteiger partial charge is 0.395 e. The molecule has 0 unspecified atom stereocenters. The molecule has 1 aromatic carbocycles. The van der Waals surface area contributed by atoms with Gasteiger partial charge in [0.2, 0.25) is 5.91 Å². The van der Waals surface area contributed by atoms with E-state index in [9.17, 15) is 4.79 Å². The second kappa shape index (κ2) is 6.40. The van der Waals surface area contributed by atoms with E-state index >= 15 is 0 Å². The van der Waals surface area contributed by atoms with Crippen LogP contribution in [0.3, 0.4) is 0 Å². The summed E-state index contributed by atoms with van der Waals surface area (Å²) in [4.78, 5) is 11.5. The second-order valence-electron chi connectivity index (χ2n) is 4.82. The normalized spacial score (nSPS) is 11.2. The minimum absolute atomic E-state index is 0.00217. The molecule has 0 aliphatic rings. The van der Waals surface area contributed by atoms with E-state index in [0.717, 1.165) is 6.42 Å². The molecule has 0 atom stereocenters. The molecule has 0 spiro atoms. The number of hydrogen-bond donors (Lipinski definition) is 2. The fraction of sp³-hybridized carbons (Fsp3) is 0.500. The Morgan fingerprint density at radius 3 is 2.53 bits per heavy atom. The average Bonchev–Trinajstić information content (AvgIpc) is 2.35. The van der Waals surface area contributed by atoms with Crippen LogP contribution in [-0.2, 0) is 10.2 Å². The van der Waals surface area contributed by atoms with Gasteiger partial charge in [0.15, 0.2) is 0 Å². The SMILES string of the molecule is CC(C)(CCC(=O)NCCO)c1ccccc1. The van der Waals surface area contributed by atoms with E-state index in [1.54, 1.807) is 0 Å². The van der Waals surface area contributed by atoms with Crippen LogP contribution in [0.15, 0.2) is 30.3 Å². The first-order valence-electron chi connectivity index (χ1n) is 5.99. The maximum atomic E-state index is 11.5. The van der Waals surface area contributed by atoms with Crippen molar-refractivity contribution in [2.24, 2.45) is 0 Å². The molecule has 0 fully saturated rings. The van der Waals surface area contributed by atoms with Gasteiger partial charge in [-0.3, -0.25) is 4.79 Å². The van der Waals surface area contributed by atoms with Crippen molar-refractivity contribution in [3.8, 4) is 0 Å². The van der Waals surface area contributed by atoms with Crippen molar-refractivity contribution in [3.63, 3.8) is 0 Å². The van der Waals surface area contributed by atoms with Crippen molar-refractivity contribution in [1.29, 1.82) is 0 Å². The molecular weight excluding hydrogens is 214 g/mol. The van der Waals surface area contributed by atoms with Crippen LogP contribution in [-0.4, -0.2) is 24.2 Å². The van der Waals surface area contributed by atoms with E-state index in [2.05, 4.69) is 31.3 Å². The van der Waals surface area contributed by atoms with Crippen LogP contribution in [0.2, 0.25) is 0 Å². The summed E-state index contributed by atoms with van der Waals surface area (Å²) in [6, 6.07) is 10.2. The van der Waals surface area contributed by atoms with Gasteiger partial charge in [-0.1, -0.05) is 44.2 Å². The summed E-state index contributed by atoms with van der Waals surface area (Å²) in [6.07, 6.45) is 1.29. The lowest BCUT2D eigenvalue weighted by atomic mass is 9.80. The molecule has 3 heteroatoms. The molecule has 0 aromatic heterocycles. The molecular formula is C14H21NO2.